The Hall–Kier alpha value is -0.600. The van der Waals surface area contributed by atoms with Gasteiger partial charge in [-0.15, -0.1) is 0 Å². The van der Waals surface area contributed by atoms with E-state index >= 15 is 0 Å². The van der Waals surface area contributed by atoms with Gasteiger partial charge >= 0.3 is 6.18 Å². The summed E-state index contributed by atoms with van der Waals surface area (Å²) in [5.41, 5.74) is 0.363. The van der Waals surface area contributed by atoms with E-state index < -0.39 is 11.7 Å². The topological polar surface area (TPSA) is 24.9 Å². The fraction of sp³-hybridized carbons (Fsp3) is 0.154. The number of benzene rings is 1. The van der Waals surface area contributed by atoms with Crippen LogP contribution in [0.2, 0.25) is 0 Å². The number of hydrogen-bond acceptors (Lipinski definition) is 2. The molecule has 8 heteroatoms. The molecule has 0 saturated heterocycles. The van der Waals surface area contributed by atoms with E-state index in [2.05, 4.69) is 58.1 Å². The molecule has 0 atom stereocenters. The first kappa shape index (κ1) is 16.8. The van der Waals surface area contributed by atoms with Gasteiger partial charge in [0, 0.05) is 25.3 Å². The van der Waals surface area contributed by atoms with Gasteiger partial charge in [-0.05, 0) is 56.1 Å². The number of anilines is 1. The Morgan fingerprint density at radius 3 is 2.33 bits per heavy atom. The van der Waals surface area contributed by atoms with Crippen LogP contribution in [-0.2, 0) is 12.7 Å². The monoisotopic (exact) mass is 486 g/mol. The second-order valence-corrected chi connectivity index (χ2v) is 6.85. The zero-order chi connectivity index (χ0) is 15.6. The lowest BCUT2D eigenvalue weighted by Gasteiger charge is -2.12. The predicted octanol–water partition coefficient (Wildman–Crippen LogP) is 6.00. The third kappa shape index (κ3) is 4.69. The van der Waals surface area contributed by atoms with Gasteiger partial charge in [-0.3, -0.25) is 4.98 Å². The zero-order valence-corrected chi connectivity index (χ0v) is 15.1. The number of nitrogens with zero attached hydrogens (tertiary/aromatic N) is 1. The van der Waals surface area contributed by atoms with Crippen molar-refractivity contribution in [2.75, 3.05) is 5.32 Å². The van der Waals surface area contributed by atoms with Crippen molar-refractivity contribution in [1.29, 1.82) is 0 Å². The van der Waals surface area contributed by atoms with E-state index in [1.54, 1.807) is 12.3 Å². The second-order valence-electron chi connectivity index (χ2n) is 4.16. The molecule has 0 unspecified atom stereocenters. The second kappa shape index (κ2) is 6.66. The van der Waals surface area contributed by atoms with Crippen molar-refractivity contribution in [2.24, 2.45) is 0 Å². The number of hydrogen-bond donors (Lipinski definition) is 1. The summed E-state index contributed by atoms with van der Waals surface area (Å²) < 4.78 is 40.2. The summed E-state index contributed by atoms with van der Waals surface area (Å²) in [5.74, 6) is 0. The van der Waals surface area contributed by atoms with Crippen LogP contribution in [0.1, 0.15) is 11.3 Å². The molecule has 1 heterocycles. The number of halogens is 6. The van der Waals surface area contributed by atoms with E-state index in [1.807, 2.05) is 6.07 Å². The minimum atomic E-state index is -4.38. The Kier molecular flexibility index (Phi) is 5.32. The van der Waals surface area contributed by atoms with E-state index in [4.69, 9.17) is 0 Å². The van der Waals surface area contributed by atoms with Crippen molar-refractivity contribution >= 4 is 53.5 Å². The van der Waals surface area contributed by atoms with E-state index in [0.717, 1.165) is 21.1 Å². The van der Waals surface area contributed by atoms with Gasteiger partial charge in [-0.2, -0.15) is 13.2 Å². The lowest BCUT2D eigenvalue weighted by molar-refractivity contribution is -0.137. The molecule has 2 nitrogen and oxygen atoms in total. The van der Waals surface area contributed by atoms with Gasteiger partial charge in [-0.1, -0.05) is 15.9 Å². The highest BCUT2D eigenvalue weighted by molar-refractivity contribution is 9.11. The molecule has 2 aromatic rings. The van der Waals surface area contributed by atoms with Gasteiger partial charge in [-0.25, -0.2) is 0 Å². The molecule has 0 fully saturated rings. The Bertz CT molecular complexity index is 660. The first-order valence-electron chi connectivity index (χ1n) is 5.67. The molecule has 1 N–H and O–H groups in total. The van der Waals surface area contributed by atoms with E-state index in [0.29, 0.717) is 22.4 Å². The highest BCUT2D eigenvalue weighted by Crippen LogP contribution is 2.33. The molecule has 21 heavy (non-hydrogen) atoms. The lowest BCUT2D eigenvalue weighted by atomic mass is 10.2. The summed E-state index contributed by atoms with van der Waals surface area (Å²) >= 11 is 9.73. The number of aromatic nitrogens is 1. The first-order chi connectivity index (χ1) is 9.75. The summed E-state index contributed by atoms with van der Waals surface area (Å²) in [6.07, 6.45) is -2.75. The van der Waals surface area contributed by atoms with Crippen LogP contribution in [0.15, 0.2) is 43.9 Å². The molecule has 0 bridgehead atoms. The molecular formula is C13H8Br3F3N2. The number of pyridine rings is 1. The number of alkyl halides is 3. The maximum absolute atomic E-state index is 12.7. The quantitative estimate of drug-likeness (QED) is 0.573. The fourth-order valence-corrected chi connectivity index (χ4v) is 3.24. The maximum Gasteiger partial charge on any atom is 0.416 e. The van der Waals surface area contributed by atoms with Crippen molar-refractivity contribution in [2.45, 2.75) is 12.7 Å². The number of nitrogens with one attached hydrogen (secondary N) is 1. The minimum Gasteiger partial charge on any atom is -0.379 e. The zero-order valence-electron chi connectivity index (χ0n) is 10.3. The fourth-order valence-electron chi connectivity index (χ4n) is 1.61. The van der Waals surface area contributed by atoms with Crippen molar-refractivity contribution in [1.82, 2.24) is 4.98 Å². The lowest BCUT2D eigenvalue weighted by Crippen LogP contribution is -2.07. The van der Waals surface area contributed by atoms with Gasteiger partial charge in [0.2, 0.25) is 0 Å². The molecule has 0 aliphatic heterocycles. The van der Waals surface area contributed by atoms with Crippen LogP contribution < -0.4 is 5.32 Å². The molecule has 0 spiro atoms. The van der Waals surface area contributed by atoms with Gasteiger partial charge in [0.15, 0.2) is 0 Å². The molecule has 2 rings (SSSR count). The van der Waals surface area contributed by atoms with Crippen LogP contribution in [-0.4, -0.2) is 4.98 Å². The maximum atomic E-state index is 12.7. The molecule has 1 aromatic carbocycles. The van der Waals surface area contributed by atoms with Crippen molar-refractivity contribution in [3.63, 3.8) is 0 Å². The largest absolute Gasteiger partial charge is 0.416 e. The van der Waals surface area contributed by atoms with E-state index in [1.165, 1.54) is 0 Å². The summed E-state index contributed by atoms with van der Waals surface area (Å²) in [5, 5.41) is 2.94. The molecule has 0 aliphatic rings. The smallest absolute Gasteiger partial charge is 0.379 e. The van der Waals surface area contributed by atoms with Gasteiger partial charge in [0.1, 0.15) is 0 Å². The molecule has 1 aromatic heterocycles. The summed E-state index contributed by atoms with van der Waals surface area (Å²) in [7, 11) is 0. The summed E-state index contributed by atoms with van der Waals surface area (Å²) in [6, 6.07) is 5.52. The highest BCUT2D eigenvalue weighted by atomic mass is 79.9. The Balaban J connectivity index is 2.18. The third-order valence-electron chi connectivity index (χ3n) is 2.57. The average molecular weight is 489 g/mol. The standard InChI is InChI=1S/C13H8Br3F3N2/c14-8-1-7(13(17,18)19)2-10(3-8)20-6-12-11(16)4-9(15)5-21-12/h1-5,20H,6H2. The Labute approximate surface area is 144 Å². The number of rotatable bonds is 3. The van der Waals surface area contributed by atoms with Gasteiger partial charge in [0.05, 0.1) is 17.8 Å². The van der Waals surface area contributed by atoms with Crippen LogP contribution in [0, 0.1) is 0 Å². The SMILES string of the molecule is FC(F)(F)c1cc(Br)cc(NCc2ncc(Br)cc2Br)c1. The van der Waals surface area contributed by atoms with Gasteiger partial charge in [0.25, 0.3) is 0 Å². The summed E-state index contributed by atoms with van der Waals surface area (Å²) in [6.45, 7) is 0.307. The summed E-state index contributed by atoms with van der Waals surface area (Å²) in [4.78, 5) is 4.20. The Morgan fingerprint density at radius 2 is 1.71 bits per heavy atom. The van der Waals surface area contributed by atoms with E-state index in [-0.39, 0.29) is 0 Å². The molecule has 0 amide bonds. The predicted molar refractivity (Wildman–Crippen MR) is 86.1 cm³/mol. The van der Waals surface area contributed by atoms with Gasteiger partial charge < -0.3 is 5.32 Å². The molecule has 0 saturated carbocycles. The third-order valence-corrected chi connectivity index (χ3v) is 4.15. The van der Waals surface area contributed by atoms with Crippen LogP contribution in [0.4, 0.5) is 18.9 Å². The van der Waals surface area contributed by atoms with Crippen LogP contribution >= 0.6 is 47.8 Å². The van der Waals surface area contributed by atoms with Crippen LogP contribution in [0.25, 0.3) is 0 Å². The van der Waals surface area contributed by atoms with Crippen molar-refractivity contribution in [3.05, 3.63) is 55.1 Å². The van der Waals surface area contributed by atoms with Crippen LogP contribution in [0.3, 0.4) is 0 Å². The first-order valence-corrected chi connectivity index (χ1v) is 8.05. The molecule has 0 aliphatic carbocycles. The minimum absolute atomic E-state index is 0.307. The Morgan fingerprint density at radius 1 is 1.00 bits per heavy atom. The average Bonchev–Trinajstić information content (AvgIpc) is 2.36. The van der Waals surface area contributed by atoms with Crippen molar-refractivity contribution in [3.8, 4) is 0 Å². The highest BCUT2D eigenvalue weighted by Gasteiger charge is 2.31. The van der Waals surface area contributed by atoms with Crippen LogP contribution in [0.5, 0.6) is 0 Å². The normalized spacial score (nSPS) is 11.5. The molecule has 0 radical (unpaired) electrons. The molecule has 112 valence electrons. The molecular weight excluding hydrogens is 481 g/mol. The van der Waals surface area contributed by atoms with E-state index in [9.17, 15) is 13.2 Å². The van der Waals surface area contributed by atoms with Crippen molar-refractivity contribution < 1.29 is 13.2 Å².